The Balaban J connectivity index is 1.18. The first-order valence-electron chi connectivity index (χ1n) is 12.1. The minimum Gasteiger partial charge on any atom is -0.397 e. The van der Waals surface area contributed by atoms with Crippen LogP contribution in [-0.4, -0.2) is 42.2 Å². The number of hydrogen-bond acceptors (Lipinski definition) is 6. The van der Waals surface area contributed by atoms with E-state index in [0.29, 0.717) is 17.0 Å². The lowest BCUT2D eigenvalue weighted by Gasteiger charge is -2.43. The van der Waals surface area contributed by atoms with Crippen LogP contribution >= 0.6 is 11.3 Å². The summed E-state index contributed by atoms with van der Waals surface area (Å²) in [6, 6.07) is 7.50. The SMILES string of the molecule is Cc1ccc2c(N)c(C(=O)N[C@H]3CCc4cc(N5CC6CCCC(C5)O6)cc(F)c4C3)sc2n1. The maximum Gasteiger partial charge on any atom is 0.263 e. The fourth-order valence-electron chi connectivity index (χ4n) is 5.65. The molecule has 0 radical (unpaired) electrons. The van der Waals surface area contributed by atoms with Crippen LogP contribution in [0.3, 0.4) is 0 Å². The number of nitrogens with zero attached hydrogens (tertiary/aromatic N) is 2. The van der Waals surface area contributed by atoms with Crippen molar-refractivity contribution in [2.24, 2.45) is 0 Å². The second kappa shape index (κ2) is 8.50. The summed E-state index contributed by atoms with van der Waals surface area (Å²) < 4.78 is 21.3. The van der Waals surface area contributed by atoms with Crippen LogP contribution < -0.4 is 16.0 Å². The van der Waals surface area contributed by atoms with Crippen LogP contribution in [0.5, 0.6) is 0 Å². The quantitative estimate of drug-likeness (QED) is 0.582. The van der Waals surface area contributed by atoms with Gasteiger partial charge in [0.05, 0.1) is 17.9 Å². The van der Waals surface area contributed by atoms with Crippen LogP contribution in [0.1, 0.15) is 52.2 Å². The van der Waals surface area contributed by atoms with Gasteiger partial charge in [-0.3, -0.25) is 4.79 Å². The Morgan fingerprint density at radius 2 is 2.03 bits per heavy atom. The molecule has 6 rings (SSSR count). The van der Waals surface area contributed by atoms with Crippen molar-refractivity contribution in [1.29, 1.82) is 0 Å². The number of morpholine rings is 1. The van der Waals surface area contributed by atoms with Crippen LogP contribution in [0.15, 0.2) is 24.3 Å². The zero-order chi connectivity index (χ0) is 23.4. The maximum absolute atomic E-state index is 15.3. The lowest BCUT2D eigenvalue weighted by molar-refractivity contribution is -0.0605. The molecule has 1 aliphatic carbocycles. The zero-order valence-corrected chi connectivity index (χ0v) is 20.1. The number of pyridine rings is 1. The number of ether oxygens (including phenoxy) is 1. The van der Waals surface area contributed by atoms with E-state index in [4.69, 9.17) is 10.5 Å². The first kappa shape index (κ1) is 21.8. The van der Waals surface area contributed by atoms with Crippen molar-refractivity contribution in [2.75, 3.05) is 23.7 Å². The monoisotopic (exact) mass is 480 g/mol. The Morgan fingerprint density at radius 3 is 2.82 bits per heavy atom. The van der Waals surface area contributed by atoms with Crippen LogP contribution in [0.4, 0.5) is 15.8 Å². The summed E-state index contributed by atoms with van der Waals surface area (Å²) in [6.45, 7) is 3.58. The molecule has 4 heterocycles. The van der Waals surface area contributed by atoms with Gasteiger partial charge in [0.15, 0.2) is 0 Å². The van der Waals surface area contributed by atoms with E-state index in [1.54, 1.807) is 6.07 Å². The van der Waals surface area contributed by atoms with Crippen molar-refractivity contribution >= 4 is 38.8 Å². The molecule has 8 heteroatoms. The number of thiophene rings is 1. The molecule has 3 atom stereocenters. The third-order valence-corrected chi connectivity index (χ3v) is 8.52. The summed E-state index contributed by atoms with van der Waals surface area (Å²) in [7, 11) is 0. The summed E-state index contributed by atoms with van der Waals surface area (Å²) >= 11 is 1.31. The molecule has 0 saturated carbocycles. The molecule has 2 aromatic heterocycles. The Labute approximate surface area is 202 Å². The van der Waals surface area contributed by atoms with Gasteiger partial charge in [-0.25, -0.2) is 9.37 Å². The Bertz CT molecular complexity index is 1260. The van der Waals surface area contributed by atoms with E-state index in [9.17, 15) is 4.79 Å². The van der Waals surface area contributed by atoms with Gasteiger partial charge >= 0.3 is 0 Å². The number of carbonyl (C=O) groups excluding carboxylic acids is 1. The highest BCUT2D eigenvalue weighted by atomic mass is 32.1. The van der Waals surface area contributed by atoms with Crippen molar-refractivity contribution in [3.05, 3.63) is 51.8 Å². The molecule has 1 aromatic carbocycles. The number of fused-ring (bicyclic) bond motifs is 4. The molecule has 1 amide bonds. The van der Waals surface area contributed by atoms with Gasteiger partial charge < -0.3 is 20.7 Å². The van der Waals surface area contributed by atoms with Crippen molar-refractivity contribution in [3.8, 4) is 0 Å². The summed E-state index contributed by atoms with van der Waals surface area (Å²) in [5.74, 6) is -0.382. The van der Waals surface area contributed by atoms with Gasteiger partial charge in [-0.05, 0) is 80.8 Å². The molecule has 2 saturated heterocycles. The van der Waals surface area contributed by atoms with Crippen LogP contribution in [0.25, 0.3) is 10.2 Å². The molecule has 3 aliphatic rings. The normalized spacial score (nSPS) is 24.2. The van der Waals surface area contributed by atoms with E-state index in [1.807, 2.05) is 19.1 Å². The summed E-state index contributed by atoms with van der Waals surface area (Å²) in [5.41, 5.74) is 10.3. The summed E-state index contributed by atoms with van der Waals surface area (Å²) in [4.78, 5) is 21.0. The van der Waals surface area contributed by atoms with E-state index in [2.05, 4.69) is 21.3 Å². The van der Waals surface area contributed by atoms with Crippen LogP contribution in [0, 0.1) is 12.7 Å². The molecule has 2 fully saturated rings. The molecular formula is C26H29FN4O2S. The number of hydrogen-bond donors (Lipinski definition) is 2. The van der Waals surface area contributed by atoms with Crippen molar-refractivity contribution < 1.29 is 13.9 Å². The molecule has 34 heavy (non-hydrogen) atoms. The third kappa shape index (κ3) is 3.92. The van der Waals surface area contributed by atoms with Gasteiger partial charge in [0, 0.05) is 35.9 Å². The average Bonchev–Trinajstić information content (AvgIpc) is 3.14. The molecule has 0 spiro atoms. The largest absolute Gasteiger partial charge is 0.397 e. The predicted octanol–water partition coefficient (Wildman–Crippen LogP) is 4.37. The van der Waals surface area contributed by atoms with Gasteiger partial charge in [0.1, 0.15) is 15.5 Å². The molecule has 2 unspecified atom stereocenters. The Kier molecular flexibility index (Phi) is 5.45. The number of amides is 1. The number of aromatic nitrogens is 1. The minimum atomic E-state index is -0.205. The Hall–Kier alpha value is -2.71. The second-order valence-corrected chi connectivity index (χ2v) is 10.8. The molecule has 3 N–H and O–H groups in total. The van der Waals surface area contributed by atoms with Crippen molar-refractivity contribution in [1.82, 2.24) is 10.3 Å². The number of anilines is 2. The van der Waals surface area contributed by atoms with Gasteiger partial charge in [-0.2, -0.15) is 0 Å². The van der Waals surface area contributed by atoms with Crippen molar-refractivity contribution in [2.45, 2.75) is 63.7 Å². The second-order valence-electron chi connectivity index (χ2n) is 9.84. The highest BCUT2D eigenvalue weighted by molar-refractivity contribution is 7.21. The molecule has 2 aliphatic heterocycles. The number of nitrogens with one attached hydrogen (secondary N) is 1. The minimum absolute atomic E-state index is 0.123. The number of nitrogens with two attached hydrogens (primary N) is 1. The van der Waals surface area contributed by atoms with E-state index >= 15 is 4.39 Å². The topological polar surface area (TPSA) is 80.5 Å². The number of rotatable bonds is 3. The van der Waals surface area contributed by atoms with Gasteiger partial charge in [-0.15, -0.1) is 11.3 Å². The molecule has 3 aromatic rings. The van der Waals surface area contributed by atoms with Gasteiger partial charge in [0.2, 0.25) is 0 Å². The van der Waals surface area contributed by atoms with E-state index in [0.717, 1.165) is 71.5 Å². The van der Waals surface area contributed by atoms with E-state index in [1.165, 1.54) is 17.8 Å². The molecule has 178 valence electrons. The van der Waals surface area contributed by atoms with E-state index < -0.39 is 0 Å². The molecular weight excluding hydrogens is 451 g/mol. The number of halogens is 1. The highest BCUT2D eigenvalue weighted by Gasteiger charge is 2.32. The van der Waals surface area contributed by atoms with Crippen molar-refractivity contribution in [3.63, 3.8) is 0 Å². The third-order valence-electron chi connectivity index (χ3n) is 7.41. The number of benzene rings is 1. The van der Waals surface area contributed by atoms with Crippen LogP contribution in [-0.2, 0) is 17.6 Å². The lowest BCUT2D eigenvalue weighted by Crippen LogP contribution is -2.50. The zero-order valence-electron chi connectivity index (χ0n) is 19.3. The standard InChI is InChI=1S/C26H29FN4O2S/c1-14-5-8-20-23(28)24(34-26(20)29-14)25(32)30-16-7-6-15-9-17(11-22(27)21(15)10-16)31-12-18-3-2-4-19(13-31)33-18/h5,8-9,11,16,18-19H,2-4,6-7,10,12-13,28H2,1H3,(H,30,32)/t16-,18?,19?/m0/s1. The van der Waals surface area contributed by atoms with Crippen LogP contribution in [0.2, 0.25) is 0 Å². The highest BCUT2D eigenvalue weighted by Crippen LogP contribution is 2.35. The first-order chi connectivity index (χ1) is 16.4. The summed E-state index contributed by atoms with van der Waals surface area (Å²) in [5, 5.41) is 3.90. The maximum atomic E-state index is 15.3. The number of nitrogen functional groups attached to an aromatic ring is 1. The average molecular weight is 481 g/mol. The number of carbonyl (C=O) groups is 1. The Morgan fingerprint density at radius 1 is 1.24 bits per heavy atom. The van der Waals surface area contributed by atoms with E-state index in [-0.39, 0.29) is 30.0 Å². The lowest BCUT2D eigenvalue weighted by atomic mass is 9.87. The molecule has 2 bridgehead atoms. The predicted molar refractivity (Wildman–Crippen MR) is 133 cm³/mol. The fraction of sp³-hybridized carbons (Fsp3) is 0.462. The fourth-order valence-corrected chi connectivity index (χ4v) is 6.69. The molecule has 6 nitrogen and oxygen atoms in total. The smallest absolute Gasteiger partial charge is 0.263 e. The number of aryl methyl sites for hydroxylation is 2. The first-order valence-corrected chi connectivity index (χ1v) is 12.9. The van der Waals surface area contributed by atoms with Gasteiger partial charge in [0.25, 0.3) is 5.91 Å². The summed E-state index contributed by atoms with van der Waals surface area (Å²) in [6.07, 6.45) is 5.91. The van der Waals surface area contributed by atoms with Gasteiger partial charge in [-0.1, -0.05) is 0 Å².